The number of rotatable bonds is 3. The van der Waals surface area contributed by atoms with E-state index in [0.29, 0.717) is 5.56 Å². The summed E-state index contributed by atoms with van der Waals surface area (Å²) in [7, 11) is 0. The van der Waals surface area contributed by atoms with E-state index in [1.54, 1.807) is 29.7 Å². The molecule has 128 valence electrons. The minimum Gasteiger partial charge on any atom is -0.322 e. The molecule has 0 saturated carbocycles. The van der Waals surface area contributed by atoms with Gasteiger partial charge in [-0.1, -0.05) is 39.4 Å². The number of thiazole rings is 1. The third-order valence-corrected chi connectivity index (χ3v) is 5.56. The van der Waals surface area contributed by atoms with Crippen LogP contribution < -0.4 is 5.32 Å². The smallest absolute Gasteiger partial charge is 0.255 e. The fourth-order valence-electron chi connectivity index (χ4n) is 2.58. The van der Waals surface area contributed by atoms with Crippen molar-refractivity contribution in [2.45, 2.75) is 6.92 Å². The van der Waals surface area contributed by atoms with Crippen LogP contribution in [0, 0.1) is 6.92 Å². The van der Waals surface area contributed by atoms with Crippen LogP contribution in [0.5, 0.6) is 0 Å². The van der Waals surface area contributed by atoms with E-state index in [-0.39, 0.29) is 5.91 Å². The van der Waals surface area contributed by atoms with Crippen molar-refractivity contribution < 1.29 is 4.79 Å². The van der Waals surface area contributed by atoms with E-state index in [1.807, 2.05) is 49.4 Å². The van der Waals surface area contributed by atoms with Crippen molar-refractivity contribution in [1.29, 1.82) is 0 Å². The number of halogens is 1. The van der Waals surface area contributed by atoms with Gasteiger partial charge in [-0.05, 0) is 55.0 Å². The van der Waals surface area contributed by atoms with Crippen LogP contribution in [0.2, 0.25) is 0 Å². The predicted molar refractivity (Wildman–Crippen MR) is 110 cm³/mol. The molecule has 0 aliphatic heterocycles. The van der Waals surface area contributed by atoms with Gasteiger partial charge in [-0.2, -0.15) is 0 Å². The van der Waals surface area contributed by atoms with Gasteiger partial charge in [0.05, 0.1) is 0 Å². The number of nitrogens with zero attached hydrogens (tertiary/aromatic N) is 2. The molecule has 4 nitrogen and oxygen atoms in total. The summed E-state index contributed by atoms with van der Waals surface area (Å²) in [6.07, 6.45) is 1.77. The summed E-state index contributed by atoms with van der Waals surface area (Å²) in [6.45, 7) is 1.97. The SMILES string of the molecule is Cc1ccc(-c2nc3cccnc3s2)cc1NC(=O)c1ccc(Br)cc1. The second kappa shape index (κ2) is 6.97. The molecule has 0 saturated heterocycles. The summed E-state index contributed by atoms with van der Waals surface area (Å²) in [5.74, 6) is -0.135. The van der Waals surface area contributed by atoms with E-state index in [9.17, 15) is 4.79 Å². The first-order chi connectivity index (χ1) is 12.6. The maximum atomic E-state index is 12.5. The molecule has 1 N–H and O–H groups in total. The highest BCUT2D eigenvalue weighted by Gasteiger charge is 2.11. The number of hydrogen-bond donors (Lipinski definition) is 1. The molecule has 0 spiro atoms. The second-order valence-electron chi connectivity index (χ2n) is 5.84. The number of benzene rings is 2. The molecule has 0 bridgehead atoms. The molecule has 0 unspecified atom stereocenters. The molecule has 0 atom stereocenters. The van der Waals surface area contributed by atoms with Crippen LogP contribution in [-0.2, 0) is 0 Å². The lowest BCUT2D eigenvalue weighted by Gasteiger charge is -2.10. The summed E-state index contributed by atoms with van der Waals surface area (Å²) in [5.41, 5.74) is 4.24. The molecular weight excluding hydrogens is 410 g/mol. The number of fused-ring (bicyclic) bond motifs is 1. The zero-order valence-corrected chi connectivity index (χ0v) is 16.3. The van der Waals surface area contributed by atoms with Crippen LogP contribution in [0.25, 0.3) is 20.9 Å². The molecule has 6 heteroatoms. The van der Waals surface area contributed by atoms with Crippen LogP contribution in [0.1, 0.15) is 15.9 Å². The van der Waals surface area contributed by atoms with Crippen molar-refractivity contribution in [2.24, 2.45) is 0 Å². The Morgan fingerprint density at radius 3 is 2.69 bits per heavy atom. The number of anilines is 1. The highest BCUT2D eigenvalue weighted by atomic mass is 79.9. The van der Waals surface area contributed by atoms with Crippen LogP contribution >= 0.6 is 27.3 Å². The van der Waals surface area contributed by atoms with Crippen molar-refractivity contribution in [3.05, 3.63) is 76.4 Å². The van der Waals surface area contributed by atoms with Gasteiger partial charge in [0.1, 0.15) is 15.4 Å². The van der Waals surface area contributed by atoms with Gasteiger partial charge in [-0.3, -0.25) is 4.79 Å². The minimum atomic E-state index is -0.135. The molecule has 26 heavy (non-hydrogen) atoms. The number of carbonyl (C=O) groups is 1. The molecule has 0 radical (unpaired) electrons. The first kappa shape index (κ1) is 16.9. The predicted octanol–water partition coefficient (Wildman–Crippen LogP) is 5.68. The van der Waals surface area contributed by atoms with Gasteiger partial charge in [0.15, 0.2) is 0 Å². The van der Waals surface area contributed by atoms with E-state index in [4.69, 9.17) is 0 Å². The minimum absolute atomic E-state index is 0.135. The monoisotopic (exact) mass is 423 g/mol. The molecule has 0 aliphatic rings. The molecule has 2 heterocycles. The second-order valence-corrected chi connectivity index (χ2v) is 7.73. The number of amides is 1. The highest BCUT2D eigenvalue weighted by Crippen LogP contribution is 2.31. The summed E-state index contributed by atoms with van der Waals surface area (Å²) in [5, 5.41) is 3.88. The number of carbonyl (C=O) groups excluding carboxylic acids is 1. The first-order valence-electron chi connectivity index (χ1n) is 8.00. The quantitative estimate of drug-likeness (QED) is 0.460. The summed E-state index contributed by atoms with van der Waals surface area (Å²) in [6, 6.07) is 17.1. The van der Waals surface area contributed by atoms with Crippen LogP contribution in [0.15, 0.2) is 65.3 Å². The third-order valence-electron chi connectivity index (χ3n) is 4.01. The summed E-state index contributed by atoms with van der Waals surface area (Å²) < 4.78 is 0.941. The zero-order chi connectivity index (χ0) is 18.1. The van der Waals surface area contributed by atoms with Crippen molar-refractivity contribution in [3.63, 3.8) is 0 Å². The van der Waals surface area contributed by atoms with Crippen molar-refractivity contribution in [2.75, 3.05) is 5.32 Å². The number of aromatic nitrogens is 2. The Bertz CT molecular complexity index is 1070. The van der Waals surface area contributed by atoms with Crippen molar-refractivity contribution in [1.82, 2.24) is 9.97 Å². The van der Waals surface area contributed by atoms with E-state index < -0.39 is 0 Å². The van der Waals surface area contributed by atoms with Gasteiger partial charge < -0.3 is 5.32 Å². The van der Waals surface area contributed by atoms with Crippen molar-refractivity contribution >= 4 is 49.2 Å². The lowest BCUT2D eigenvalue weighted by atomic mass is 10.1. The van der Waals surface area contributed by atoms with E-state index in [2.05, 4.69) is 31.2 Å². The van der Waals surface area contributed by atoms with Crippen LogP contribution in [0.3, 0.4) is 0 Å². The summed E-state index contributed by atoms with van der Waals surface area (Å²) >= 11 is 4.92. The Morgan fingerprint density at radius 1 is 1.12 bits per heavy atom. The molecule has 1 amide bonds. The first-order valence-corrected chi connectivity index (χ1v) is 9.60. The summed E-state index contributed by atoms with van der Waals surface area (Å²) in [4.78, 5) is 22.4. The zero-order valence-electron chi connectivity index (χ0n) is 13.9. The number of nitrogens with one attached hydrogen (secondary N) is 1. The van der Waals surface area contributed by atoms with Crippen molar-refractivity contribution in [3.8, 4) is 10.6 Å². The topological polar surface area (TPSA) is 54.9 Å². The van der Waals surface area contributed by atoms with Crippen LogP contribution in [0.4, 0.5) is 5.69 Å². The Hall–Kier alpha value is -2.57. The Labute approximate surface area is 163 Å². The normalized spacial score (nSPS) is 10.8. The van der Waals surface area contributed by atoms with E-state index >= 15 is 0 Å². The molecule has 0 fully saturated rings. The Kier molecular flexibility index (Phi) is 4.53. The molecule has 4 aromatic rings. The molecule has 4 rings (SSSR count). The number of aryl methyl sites for hydroxylation is 1. The third kappa shape index (κ3) is 3.38. The number of pyridine rings is 1. The van der Waals surface area contributed by atoms with E-state index in [1.165, 1.54) is 0 Å². The van der Waals surface area contributed by atoms with E-state index in [0.717, 1.165) is 36.6 Å². The van der Waals surface area contributed by atoms with Gasteiger partial charge in [0.2, 0.25) is 0 Å². The average Bonchev–Trinajstić information content (AvgIpc) is 3.08. The maximum Gasteiger partial charge on any atom is 0.255 e. The Morgan fingerprint density at radius 2 is 1.92 bits per heavy atom. The molecule has 2 aromatic carbocycles. The van der Waals surface area contributed by atoms with Gasteiger partial charge in [0, 0.05) is 27.5 Å². The molecular formula is C20H14BrN3OS. The average molecular weight is 424 g/mol. The standard InChI is InChI=1S/C20H14BrN3OS/c1-12-4-5-14(19-24-16-3-2-10-22-20(16)26-19)11-17(12)23-18(25)13-6-8-15(21)9-7-13/h2-11H,1H3,(H,23,25). The number of hydrogen-bond acceptors (Lipinski definition) is 4. The highest BCUT2D eigenvalue weighted by molar-refractivity contribution is 9.10. The molecule has 2 aromatic heterocycles. The fraction of sp³-hybridized carbons (Fsp3) is 0.0500. The fourth-order valence-corrected chi connectivity index (χ4v) is 3.75. The Balaban J connectivity index is 1.65. The van der Waals surface area contributed by atoms with Gasteiger partial charge in [-0.25, -0.2) is 9.97 Å². The molecule has 0 aliphatic carbocycles. The lowest BCUT2D eigenvalue weighted by molar-refractivity contribution is 0.102. The maximum absolute atomic E-state index is 12.5. The van der Waals surface area contributed by atoms with Gasteiger partial charge >= 0.3 is 0 Å². The largest absolute Gasteiger partial charge is 0.322 e. The lowest BCUT2D eigenvalue weighted by Crippen LogP contribution is -2.12. The van der Waals surface area contributed by atoms with Crippen LogP contribution in [-0.4, -0.2) is 15.9 Å². The van der Waals surface area contributed by atoms with Gasteiger partial charge in [-0.15, -0.1) is 0 Å². The van der Waals surface area contributed by atoms with Gasteiger partial charge in [0.25, 0.3) is 5.91 Å².